The van der Waals surface area contributed by atoms with Crippen LogP contribution in [0.3, 0.4) is 0 Å². The van der Waals surface area contributed by atoms with Crippen LogP contribution in [0.15, 0.2) is 18.2 Å². The Bertz CT molecular complexity index is 510. The second kappa shape index (κ2) is 7.04. The smallest absolute Gasteiger partial charge is 0.339 e. The standard InChI is InChI=1S/C13H13BrO5/c1-2-19-13(18)11-8(6-9(15)7-14)4-3-5-10(11)12(16)17/h3-5H,2,6-7H2,1H3,(H,16,17). The number of carboxylic acid groups (broad SMARTS) is 1. The van der Waals surface area contributed by atoms with Gasteiger partial charge in [0.15, 0.2) is 0 Å². The summed E-state index contributed by atoms with van der Waals surface area (Å²) in [6, 6.07) is 4.37. The van der Waals surface area contributed by atoms with Crippen molar-refractivity contribution >= 4 is 33.7 Å². The van der Waals surface area contributed by atoms with Gasteiger partial charge in [-0.15, -0.1) is 0 Å². The Morgan fingerprint density at radius 2 is 2.00 bits per heavy atom. The molecule has 0 radical (unpaired) electrons. The number of esters is 1. The number of carboxylic acids is 1. The molecule has 0 aliphatic heterocycles. The Balaban J connectivity index is 3.29. The highest BCUT2D eigenvalue weighted by molar-refractivity contribution is 9.09. The van der Waals surface area contributed by atoms with E-state index in [4.69, 9.17) is 9.84 Å². The van der Waals surface area contributed by atoms with Crippen molar-refractivity contribution in [1.82, 2.24) is 0 Å². The minimum absolute atomic E-state index is 0.0134. The molecule has 0 unspecified atom stereocenters. The molecule has 0 atom stereocenters. The fourth-order valence-electron chi connectivity index (χ4n) is 1.63. The molecular weight excluding hydrogens is 316 g/mol. The molecule has 0 aliphatic carbocycles. The van der Waals surface area contributed by atoms with Crippen molar-refractivity contribution in [3.8, 4) is 0 Å². The van der Waals surface area contributed by atoms with Crippen LogP contribution in [0.1, 0.15) is 33.2 Å². The number of carbonyl (C=O) groups excluding carboxylic acids is 2. The lowest BCUT2D eigenvalue weighted by Gasteiger charge is -2.10. The first-order chi connectivity index (χ1) is 9.01. The number of carbonyl (C=O) groups is 3. The SMILES string of the molecule is CCOC(=O)c1c(CC(=O)CBr)cccc1C(=O)O. The summed E-state index contributed by atoms with van der Waals surface area (Å²) in [5, 5.41) is 9.24. The molecule has 0 heterocycles. The molecule has 0 saturated heterocycles. The molecule has 0 spiro atoms. The Morgan fingerprint density at radius 3 is 2.53 bits per heavy atom. The topological polar surface area (TPSA) is 80.7 Å². The van der Waals surface area contributed by atoms with Gasteiger partial charge in [-0.2, -0.15) is 0 Å². The summed E-state index contributed by atoms with van der Waals surface area (Å²) in [5.74, 6) is -2.10. The quantitative estimate of drug-likeness (QED) is 0.638. The van der Waals surface area contributed by atoms with E-state index in [2.05, 4.69) is 15.9 Å². The average molecular weight is 329 g/mol. The van der Waals surface area contributed by atoms with Crippen LogP contribution in [-0.4, -0.2) is 34.8 Å². The van der Waals surface area contributed by atoms with E-state index in [9.17, 15) is 14.4 Å². The first-order valence-electron chi connectivity index (χ1n) is 5.61. The lowest BCUT2D eigenvalue weighted by molar-refractivity contribution is -0.115. The third kappa shape index (κ3) is 3.89. The van der Waals surface area contributed by atoms with Crippen LogP contribution in [0.2, 0.25) is 0 Å². The van der Waals surface area contributed by atoms with Gasteiger partial charge in [-0.3, -0.25) is 4.79 Å². The van der Waals surface area contributed by atoms with Crippen molar-refractivity contribution in [3.05, 3.63) is 34.9 Å². The third-order valence-corrected chi connectivity index (χ3v) is 3.02. The highest BCUT2D eigenvalue weighted by Gasteiger charge is 2.22. The maximum Gasteiger partial charge on any atom is 0.339 e. The van der Waals surface area contributed by atoms with Crippen LogP contribution in [0, 0.1) is 0 Å². The molecule has 5 nitrogen and oxygen atoms in total. The zero-order valence-corrected chi connectivity index (χ0v) is 11.9. The lowest BCUT2D eigenvalue weighted by atomic mass is 9.97. The summed E-state index contributed by atoms with van der Waals surface area (Å²) < 4.78 is 4.85. The number of aromatic carboxylic acids is 1. The summed E-state index contributed by atoms with van der Waals surface area (Å²) >= 11 is 3.03. The minimum atomic E-state index is -1.23. The molecule has 1 N–H and O–H groups in total. The lowest BCUT2D eigenvalue weighted by Crippen LogP contribution is -2.17. The molecule has 1 rings (SSSR count). The monoisotopic (exact) mass is 328 g/mol. The van der Waals surface area contributed by atoms with Crippen LogP contribution in [0.4, 0.5) is 0 Å². The van der Waals surface area contributed by atoms with Crippen molar-refractivity contribution in [3.63, 3.8) is 0 Å². The van der Waals surface area contributed by atoms with E-state index in [1.54, 1.807) is 13.0 Å². The zero-order valence-electron chi connectivity index (χ0n) is 10.3. The van der Waals surface area contributed by atoms with E-state index in [1.807, 2.05) is 0 Å². The molecule has 1 aromatic rings. The number of alkyl halides is 1. The fraction of sp³-hybridized carbons (Fsp3) is 0.308. The number of hydrogen-bond donors (Lipinski definition) is 1. The Labute approximate surface area is 118 Å². The van der Waals surface area contributed by atoms with Gasteiger partial charge < -0.3 is 9.84 Å². The summed E-state index contributed by atoms with van der Waals surface area (Å²) in [5.41, 5.74) is 0.160. The van der Waals surface area contributed by atoms with Crippen molar-refractivity contribution in [2.24, 2.45) is 0 Å². The highest BCUT2D eigenvalue weighted by atomic mass is 79.9. The maximum absolute atomic E-state index is 11.9. The van der Waals surface area contributed by atoms with Gasteiger partial charge in [0.2, 0.25) is 0 Å². The van der Waals surface area contributed by atoms with Crippen LogP contribution in [0.5, 0.6) is 0 Å². The molecule has 0 bridgehead atoms. The van der Waals surface area contributed by atoms with Gasteiger partial charge in [-0.25, -0.2) is 9.59 Å². The van der Waals surface area contributed by atoms with Crippen molar-refractivity contribution in [2.75, 3.05) is 11.9 Å². The normalized spacial score (nSPS) is 10.0. The fourth-order valence-corrected chi connectivity index (χ4v) is 1.83. The second-order valence-electron chi connectivity index (χ2n) is 3.71. The number of Topliss-reactive ketones (excluding diaryl/α,β-unsaturated/α-hetero) is 1. The summed E-state index contributed by atoms with van der Waals surface area (Å²) in [6.45, 7) is 1.77. The number of halogens is 1. The molecule has 102 valence electrons. The number of hydrogen-bond acceptors (Lipinski definition) is 4. The summed E-state index contributed by atoms with van der Waals surface area (Å²) in [7, 11) is 0. The molecule has 6 heteroatoms. The van der Waals surface area contributed by atoms with E-state index >= 15 is 0 Å². The van der Waals surface area contributed by atoms with Gasteiger partial charge in [0, 0.05) is 6.42 Å². The van der Waals surface area contributed by atoms with E-state index in [0.717, 1.165) is 0 Å². The first-order valence-corrected chi connectivity index (χ1v) is 6.73. The van der Waals surface area contributed by atoms with E-state index in [-0.39, 0.29) is 35.3 Å². The predicted octanol–water partition coefficient (Wildman–Crippen LogP) is 2.07. The first kappa shape index (κ1) is 15.4. The molecule has 0 aromatic heterocycles. The van der Waals surface area contributed by atoms with Crippen LogP contribution in [-0.2, 0) is 16.0 Å². The number of ketones is 1. The zero-order chi connectivity index (χ0) is 14.4. The van der Waals surface area contributed by atoms with Gasteiger partial charge in [0.05, 0.1) is 23.1 Å². The molecular formula is C13H13BrO5. The van der Waals surface area contributed by atoms with E-state index in [1.165, 1.54) is 12.1 Å². The van der Waals surface area contributed by atoms with Gasteiger partial charge in [-0.1, -0.05) is 28.1 Å². The maximum atomic E-state index is 11.9. The second-order valence-corrected chi connectivity index (χ2v) is 4.28. The van der Waals surface area contributed by atoms with E-state index < -0.39 is 11.9 Å². The Kier molecular flexibility index (Phi) is 5.69. The molecule has 0 saturated carbocycles. The number of rotatable bonds is 6. The van der Waals surface area contributed by atoms with Crippen molar-refractivity contribution in [2.45, 2.75) is 13.3 Å². The van der Waals surface area contributed by atoms with Crippen molar-refractivity contribution < 1.29 is 24.2 Å². The molecule has 1 aromatic carbocycles. The van der Waals surface area contributed by atoms with Gasteiger partial charge in [-0.05, 0) is 18.6 Å². The number of benzene rings is 1. The Morgan fingerprint density at radius 1 is 1.32 bits per heavy atom. The van der Waals surface area contributed by atoms with Crippen LogP contribution >= 0.6 is 15.9 Å². The minimum Gasteiger partial charge on any atom is -0.478 e. The Hall–Kier alpha value is -1.69. The summed E-state index contributed by atoms with van der Waals surface area (Å²) in [6.07, 6.45) is -0.0134. The van der Waals surface area contributed by atoms with Crippen LogP contribution in [0.25, 0.3) is 0 Å². The highest BCUT2D eigenvalue weighted by Crippen LogP contribution is 2.18. The van der Waals surface area contributed by atoms with E-state index in [0.29, 0.717) is 5.56 Å². The van der Waals surface area contributed by atoms with Gasteiger partial charge in [0.25, 0.3) is 0 Å². The predicted molar refractivity (Wildman–Crippen MR) is 71.9 cm³/mol. The van der Waals surface area contributed by atoms with Crippen molar-refractivity contribution in [1.29, 1.82) is 0 Å². The third-order valence-electron chi connectivity index (χ3n) is 2.40. The summed E-state index contributed by atoms with van der Waals surface area (Å²) in [4.78, 5) is 34.4. The van der Waals surface area contributed by atoms with Crippen LogP contribution < -0.4 is 0 Å². The average Bonchev–Trinajstić information content (AvgIpc) is 2.38. The molecule has 0 fully saturated rings. The molecule has 19 heavy (non-hydrogen) atoms. The number of ether oxygens (including phenoxy) is 1. The van der Waals surface area contributed by atoms with Gasteiger partial charge in [0.1, 0.15) is 5.78 Å². The molecule has 0 amide bonds. The molecule has 0 aliphatic rings. The van der Waals surface area contributed by atoms with Gasteiger partial charge >= 0.3 is 11.9 Å². The largest absolute Gasteiger partial charge is 0.478 e.